The van der Waals surface area contributed by atoms with Crippen molar-refractivity contribution in [1.29, 1.82) is 0 Å². The smallest absolute Gasteiger partial charge is 0.226 e. The second-order valence-corrected chi connectivity index (χ2v) is 7.13. The summed E-state index contributed by atoms with van der Waals surface area (Å²) < 4.78 is 5.62. The van der Waals surface area contributed by atoms with Crippen LogP contribution in [-0.4, -0.2) is 48.6 Å². The highest BCUT2D eigenvalue weighted by Crippen LogP contribution is 2.19. The van der Waals surface area contributed by atoms with E-state index in [9.17, 15) is 0 Å². The van der Waals surface area contributed by atoms with Crippen molar-refractivity contribution in [2.24, 2.45) is 10.9 Å². The van der Waals surface area contributed by atoms with Gasteiger partial charge in [0.15, 0.2) is 5.96 Å². The van der Waals surface area contributed by atoms with E-state index < -0.39 is 0 Å². The molecule has 0 spiro atoms. The van der Waals surface area contributed by atoms with Gasteiger partial charge in [0, 0.05) is 25.2 Å². The van der Waals surface area contributed by atoms with Crippen LogP contribution in [0, 0.1) is 12.8 Å². The van der Waals surface area contributed by atoms with Gasteiger partial charge in [0.05, 0.1) is 6.54 Å². The zero-order valence-corrected chi connectivity index (χ0v) is 16.7. The molecule has 0 bridgehead atoms. The van der Waals surface area contributed by atoms with Crippen LogP contribution in [0.5, 0.6) is 0 Å². The summed E-state index contributed by atoms with van der Waals surface area (Å²) in [5.74, 6) is 2.17. The van der Waals surface area contributed by atoms with E-state index in [0.717, 1.165) is 36.9 Å². The fourth-order valence-electron chi connectivity index (χ4n) is 3.32. The first-order valence-electron chi connectivity index (χ1n) is 9.94. The highest BCUT2D eigenvalue weighted by molar-refractivity contribution is 5.79. The first-order valence-corrected chi connectivity index (χ1v) is 9.94. The van der Waals surface area contributed by atoms with Crippen LogP contribution in [0.1, 0.15) is 31.5 Å². The summed E-state index contributed by atoms with van der Waals surface area (Å²) in [6.07, 6.45) is 2.95. The molecular formula is C21H31N5O. The average Bonchev–Trinajstić information content (AvgIpc) is 3.34. The molecule has 1 atom stereocenters. The number of nitrogens with one attached hydrogen (secondary N) is 2. The molecular weight excluding hydrogens is 338 g/mol. The second kappa shape index (κ2) is 9.55. The van der Waals surface area contributed by atoms with E-state index in [1.165, 1.54) is 25.1 Å². The molecule has 146 valence electrons. The lowest BCUT2D eigenvalue weighted by Gasteiger charge is -2.16. The molecule has 2 aromatic rings. The number of guanidine groups is 1. The van der Waals surface area contributed by atoms with Gasteiger partial charge in [-0.15, -0.1) is 0 Å². The normalized spacial score (nSPS) is 18.0. The Morgan fingerprint density at radius 1 is 1.26 bits per heavy atom. The molecule has 27 heavy (non-hydrogen) atoms. The number of benzene rings is 1. The summed E-state index contributed by atoms with van der Waals surface area (Å²) in [4.78, 5) is 11.7. The first kappa shape index (κ1) is 19.4. The Hall–Kier alpha value is -2.34. The fourth-order valence-corrected chi connectivity index (χ4v) is 3.32. The Bertz CT molecular complexity index is 737. The number of aliphatic imine (C=N–C) groups is 1. The van der Waals surface area contributed by atoms with Crippen molar-refractivity contribution < 1.29 is 4.42 Å². The van der Waals surface area contributed by atoms with Gasteiger partial charge in [0.1, 0.15) is 12.0 Å². The van der Waals surface area contributed by atoms with E-state index >= 15 is 0 Å². The van der Waals surface area contributed by atoms with Crippen molar-refractivity contribution in [2.75, 3.05) is 32.7 Å². The summed E-state index contributed by atoms with van der Waals surface area (Å²) in [6.45, 7) is 12.2. The van der Waals surface area contributed by atoms with Gasteiger partial charge in [-0.3, -0.25) is 0 Å². The zero-order chi connectivity index (χ0) is 19.1. The number of nitrogens with zero attached hydrogens (tertiary/aromatic N) is 3. The van der Waals surface area contributed by atoms with Gasteiger partial charge in [-0.2, -0.15) is 0 Å². The van der Waals surface area contributed by atoms with E-state index in [1.54, 1.807) is 6.26 Å². The first-order chi connectivity index (χ1) is 13.2. The van der Waals surface area contributed by atoms with Gasteiger partial charge in [-0.05, 0) is 51.4 Å². The van der Waals surface area contributed by atoms with Crippen LogP contribution in [0.4, 0.5) is 0 Å². The van der Waals surface area contributed by atoms with Crippen LogP contribution >= 0.6 is 0 Å². The van der Waals surface area contributed by atoms with Crippen LogP contribution in [0.2, 0.25) is 0 Å². The summed E-state index contributed by atoms with van der Waals surface area (Å²) >= 11 is 0. The molecule has 1 saturated heterocycles. The van der Waals surface area contributed by atoms with E-state index in [2.05, 4.69) is 58.4 Å². The minimum Gasteiger partial charge on any atom is -0.444 e. The Labute approximate surface area is 162 Å². The molecule has 1 unspecified atom stereocenters. The molecule has 1 aliphatic heterocycles. The van der Waals surface area contributed by atoms with E-state index in [0.29, 0.717) is 18.4 Å². The maximum absolute atomic E-state index is 5.62. The third-order valence-corrected chi connectivity index (χ3v) is 4.97. The van der Waals surface area contributed by atoms with Crippen LogP contribution in [-0.2, 0) is 6.54 Å². The monoisotopic (exact) mass is 369 g/mol. The molecule has 1 aromatic heterocycles. The second-order valence-electron chi connectivity index (χ2n) is 7.13. The van der Waals surface area contributed by atoms with Crippen LogP contribution in [0.3, 0.4) is 0 Å². The summed E-state index contributed by atoms with van der Waals surface area (Å²) in [5, 5.41) is 6.79. The molecule has 2 N–H and O–H groups in total. The van der Waals surface area contributed by atoms with Crippen molar-refractivity contribution in [3.8, 4) is 11.5 Å². The molecule has 1 aliphatic rings. The van der Waals surface area contributed by atoms with Gasteiger partial charge in [0.2, 0.25) is 5.89 Å². The average molecular weight is 370 g/mol. The van der Waals surface area contributed by atoms with Crippen molar-refractivity contribution in [3.63, 3.8) is 0 Å². The van der Waals surface area contributed by atoms with Gasteiger partial charge in [-0.1, -0.05) is 24.6 Å². The van der Waals surface area contributed by atoms with Crippen LogP contribution < -0.4 is 10.6 Å². The summed E-state index contributed by atoms with van der Waals surface area (Å²) in [6, 6.07) is 8.18. The van der Waals surface area contributed by atoms with Crippen LogP contribution in [0.15, 0.2) is 39.9 Å². The van der Waals surface area contributed by atoms with Crippen LogP contribution in [0.25, 0.3) is 11.5 Å². The number of oxazole rings is 1. The predicted molar refractivity (Wildman–Crippen MR) is 110 cm³/mol. The highest BCUT2D eigenvalue weighted by Gasteiger charge is 2.21. The summed E-state index contributed by atoms with van der Waals surface area (Å²) in [7, 11) is 0. The van der Waals surface area contributed by atoms with Gasteiger partial charge in [-0.25, -0.2) is 9.98 Å². The van der Waals surface area contributed by atoms with Gasteiger partial charge in [0.25, 0.3) is 0 Å². The Morgan fingerprint density at radius 3 is 2.78 bits per heavy atom. The number of likely N-dealkylation sites (tertiary alicyclic amines) is 1. The van der Waals surface area contributed by atoms with E-state index in [-0.39, 0.29) is 0 Å². The van der Waals surface area contributed by atoms with Gasteiger partial charge >= 0.3 is 0 Å². The Balaban J connectivity index is 1.56. The lowest BCUT2D eigenvalue weighted by molar-refractivity contribution is 0.342. The Kier molecular flexibility index (Phi) is 6.87. The fraction of sp³-hybridized carbons (Fsp3) is 0.524. The molecule has 3 rings (SSSR count). The molecule has 0 amide bonds. The maximum Gasteiger partial charge on any atom is 0.226 e. The summed E-state index contributed by atoms with van der Waals surface area (Å²) in [5.41, 5.74) is 3.05. The Morgan fingerprint density at radius 2 is 2.07 bits per heavy atom. The largest absolute Gasteiger partial charge is 0.444 e. The van der Waals surface area contributed by atoms with Gasteiger partial charge < -0.3 is 20.0 Å². The molecule has 0 radical (unpaired) electrons. The molecule has 1 aromatic carbocycles. The minimum atomic E-state index is 0.496. The molecule has 6 heteroatoms. The maximum atomic E-state index is 5.62. The van der Waals surface area contributed by atoms with Crippen molar-refractivity contribution in [1.82, 2.24) is 20.5 Å². The molecule has 1 fully saturated rings. The van der Waals surface area contributed by atoms with Crippen molar-refractivity contribution in [3.05, 3.63) is 41.8 Å². The third-order valence-electron chi connectivity index (χ3n) is 4.97. The third kappa shape index (κ3) is 5.57. The molecule has 6 nitrogen and oxygen atoms in total. The number of hydrogen-bond acceptors (Lipinski definition) is 4. The number of aromatic nitrogens is 1. The number of aryl methyl sites for hydroxylation is 1. The lowest BCUT2D eigenvalue weighted by atomic mass is 10.1. The van der Waals surface area contributed by atoms with Crippen molar-refractivity contribution in [2.45, 2.75) is 33.7 Å². The van der Waals surface area contributed by atoms with E-state index in [4.69, 9.17) is 4.42 Å². The molecule has 0 saturated carbocycles. The lowest BCUT2D eigenvalue weighted by Crippen LogP contribution is -2.40. The quantitative estimate of drug-likeness (QED) is 0.580. The zero-order valence-electron chi connectivity index (χ0n) is 16.7. The van der Waals surface area contributed by atoms with E-state index in [1.807, 2.05) is 12.1 Å². The topological polar surface area (TPSA) is 65.7 Å². The number of hydrogen-bond donors (Lipinski definition) is 2. The highest BCUT2D eigenvalue weighted by atomic mass is 16.3. The molecule has 0 aliphatic carbocycles. The van der Waals surface area contributed by atoms with Crippen molar-refractivity contribution >= 4 is 5.96 Å². The standard InChI is InChI=1S/C21H31N5O/c1-4-22-21(23-12-17-10-11-26(5-2)14-17)24-13-19-15-27-20(25-19)18-8-6-16(3)7-9-18/h6-9,15,17H,4-5,10-14H2,1-3H3,(H2,22,23,24). The predicted octanol–water partition coefficient (Wildman–Crippen LogP) is 3.05. The molecule has 2 heterocycles. The minimum absolute atomic E-state index is 0.496. The SMILES string of the molecule is CCNC(=NCc1coc(-c2ccc(C)cc2)n1)NCC1CCN(CC)C1. The number of rotatable bonds is 7.